The molecule has 1 fully saturated rings. The predicted octanol–water partition coefficient (Wildman–Crippen LogP) is 3.64. The van der Waals surface area contributed by atoms with Crippen molar-refractivity contribution in [3.05, 3.63) is 58.4 Å². The minimum Gasteiger partial charge on any atom is -0.380 e. The van der Waals surface area contributed by atoms with E-state index in [0.717, 1.165) is 21.3 Å². The van der Waals surface area contributed by atoms with Crippen LogP contribution in [-0.2, 0) is 26.1 Å². The van der Waals surface area contributed by atoms with Crippen LogP contribution in [0.3, 0.4) is 0 Å². The second-order valence-electron chi connectivity index (χ2n) is 8.24. The fraction of sp³-hybridized carbons (Fsp3) is 0.417. The summed E-state index contributed by atoms with van der Waals surface area (Å²) >= 11 is 1.44. The summed E-state index contributed by atoms with van der Waals surface area (Å²) in [7, 11) is -3.77. The van der Waals surface area contributed by atoms with E-state index in [1.807, 2.05) is 37.5 Å². The molecule has 1 amide bonds. The van der Waals surface area contributed by atoms with Crippen molar-refractivity contribution in [2.45, 2.75) is 51.1 Å². The number of hydrogen-bond acceptors (Lipinski definition) is 5. The highest BCUT2D eigenvalue weighted by molar-refractivity contribution is 7.89. The van der Waals surface area contributed by atoms with Crippen LogP contribution in [0.5, 0.6) is 0 Å². The summed E-state index contributed by atoms with van der Waals surface area (Å²) in [6, 6.07) is 12.1. The lowest BCUT2D eigenvalue weighted by molar-refractivity contribution is -0.121. The Bertz CT molecular complexity index is 1320. The van der Waals surface area contributed by atoms with E-state index in [1.165, 1.54) is 15.6 Å². The number of sulfonamides is 1. The smallest absolute Gasteiger partial charge is 0.266 e. The van der Waals surface area contributed by atoms with Crippen molar-refractivity contribution in [1.82, 2.24) is 8.87 Å². The first kappa shape index (κ1) is 23.8. The number of carbonyl (C=O) groups is 1. The number of amides is 1. The molecule has 2 heterocycles. The second-order valence-corrected chi connectivity index (χ2v) is 11.1. The van der Waals surface area contributed by atoms with E-state index in [-0.39, 0.29) is 4.90 Å². The molecule has 33 heavy (non-hydrogen) atoms. The largest absolute Gasteiger partial charge is 0.380 e. The Kier molecular flexibility index (Phi) is 7.13. The molecule has 7 nitrogen and oxygen atoms in total. The average Bonchev–Trinajstić information content (AvgIpc) is 3.40. The van der Waals surface area contributed by atoms with Crippen molar-refractivity contribution in [3.63, 3.8) is 0 Å². The molecule has 0 spiro atoms. The Balaban J connectivity index is 1.69. The third kappa shape index (κ3) is 4.96. The van der Waals surface area contributed by atoms with Gasteiger partial charge in [-0.3, -0.25) is 4.79 Å². The van der Waals surface area contributed by atoms with Crippen LogP contribution in [0.25, 0.3) is 10.2 Å². The number of aromatic nitrogens is 1. The summed E-state index contributed by atoms with van der Waals surface area (Å²) in [5.74, 6) is -0.420. The number of carbonyl (C=O) groups excluding carboxylic acids is 1. The molecular formula is C24H29N3O4S2. The van der Waals surface area contributed by atoms with Gasteiger partial charge in [0.15, 0.2) is 4.80 Å². The van der Waals surface area contributed by atoms with Gasteiger partial charge in [0.25, 0.3) is 5.91 Å². The van der Waals surface area contributed by atoms with Crippen LogP contribution < -0.4 is 4.80 Å². The minimum absolute atomic E-state index is 0.205. The first-order chi connectivity index (χ1) is 15.8. The molecule has 0 saturated carbocycles. The zero-order valence-electron chi connectivity index (χ0n) is 19.2. The van der Waals surface area contributed by atoms with Gasteiger partial charge in [0.1, 0.15) is 6.04 Å². The van der Waals surface area contributed by atoms with Crippen molar-refractivity contribution in [2.24, 2.45) is 4.99 Å². The highest BCUT2D eigenvalue weighted by Crippen LogP contribution is 2.27. The van der Waals surface area contributed by atoms with Gasteiger partial charge in [-0.1, -0.05) is 35.1 Å². The molecule has 1 aliphatic heterocycles. The lowest BCUT2D eigenvalue weighted by Gasteiger charge is -2.21. The fourth-order valence-electron chi connectivity index (χ4n) is 4.07. The van der Waals surface area contributed by atoms with E-state index in [4.69, 9.17) is 4.74 Å². The minimum atomic E-state index is -3.77. The first-order valence-electron chi connectivity index (χ1n) is 11.2. The van der Waals surface area contributed by atoms with Crippen LogP contribution in [0.4, 0.5) is 0 Å². The normalized spacial score (nSPS) is 17.8. The maximum atomic E-state index is 13.3. The summed E-state index contributed by atoms with van der Waals surface area (Å²) in [6.07, 6.45) is 1.10. The molecule has 1 saturated heterocycles. The lowest BCUT2D eigenvalue weighted by Crippen LogP contribution is -2.40. The van der Waals surface area contributed by atoms with Gasteiger partial charge in [-0.2, -0.15) is 9.30 Å². The molecule has 9 heteroatoms. The summed E-state index contributed by atoms with van der Waals surface area (Å²) in [6.45, 7) is 7.88. The predicted molar refractivity (Wildman–Crippen MR) is 130 cm³/mol. The highest BCUT2D eigenvalue weighted by atomic mass is 32.2. The van der Waals surface area contributed by atoms with Crippen molar-refractivity contribution >= 4 is 37.5 Å². The molecule has 1 unspecified atom stereocenters. The summed E-state index contributed by atoms with van der Waals surface area (Å²) < 4.78 is 36.4. The fourth-order valence-corrected chi connectivity index (χ4v) is 6.88. The van der Waals surface area contributed by atoms with Crippen molar-refractivity contribution in [3.8, 4) is 0 Å². The zero-order valence-corrected chi connectivity index (χ0v) is 20.8. The van der Waals surface area contributed by atoms with Crippen LogP contribution >= 0.6 is 11.3 Å². The Labute approximate surface area is 198 Å². The lowest BCUT2D eigenvalue weighted by atomic mass is 10.2. The Morgan fingerprint density at radius 2 is 1.88 bits per heavy atom. The maximum absolute atomic E-state index is 13.3. The Hall–Kier alpha value is -2.33. The average molecular weight is 488 g/mol. The van der Waals surface area contributed by atoms with Gasteiger partial charge in [0, 0.05) is 19.7 Å². The zero-order chi connectivity index (χ0) is 23.6. The van der Waals surface area contributed by atoms with Crippen molar-refractivity contribution < 1.29 is 17.9 Å². The number of benzene rings is 2. The van der Waals surface area contributed by atoms with Crippen LogP contribution in [-0.4, -0.2) is 49.0 Å². The van der Waals surface area contributed by atoms with Crippen molar-refractivity contribution in [1.29, 1.82) is 0 Å². The standard InChI is InChI=1S/C24H29N3O4S2/c1-4-31-15-14-26-20-12-9-18(3)16-22(20)32-24(26)25-23(28)21-6-5-13-27(21)33(29,30)19-10-7-17(2)8-11-19/h7-12,16,21H,4-6,13-15H2,1-3H3. The maximum Gasteiger partial charge on any atom is 0.266 e. The van der Waals surface area contributed by atoms with E-state index in [1.54, 1.807) is 24.3 Å². The number of aryl methyl sites for hydroxylation is 2. The van der Waals surface area contributed by atoms with Crippen LogP contribution in [0.1, 0.15) is 30.9 Å². The monoisotopic (exact) mass is 487 g/mol. The number of rotatable bonds is 7. The van der Waals surface area contributed by atoms with Gasteiger partial charge < -0.3 is 9.30 Å². The molecule has 1 aliphatic rings. The van der Waals surface area contributed by atoms with Gasteiger partial charge in [-0.15, -0.1) is 0 Å². The molecule has 3 aromatic rings. The number of hydrogen-bond donors (Lipinski definition) is 0. The molecule has 4 rings (SSSR count). The van der Waals surface area contributed by atoms with E-state index < -0.39 is 22.0 Å². The molecule has 2 aromatic carbocycles. The van der Waals surface area contributed by atoms with Crippen LogP contribution in [0, 0.1) is 13.8 Å². The molecule has 0 bridgehead atoms. The number of thiazole rings is 1. The van der Waals surface area contributed by atoms with E-state index in [9.17, 15) is 13.2 Å². The topological polar surface area (TPSA) is 81.0 Å². The molecule has 0 aliphatic carbocycles. The molecule has 0 radical (unpaired) electrons. The van der Waals surface area contributed by atoms with Crippen molar-refractivity contribution in [2.75, 3.05) is 19.8 Å². The highest BCUT2D eigenvalue weighted by Gasteiger charge is 2.39. The molecule has 0 N–H and O–H groups in total. The number of ether oxygens (including phenoxy) is 1. The van der Waals surface area contributed by atoms with Gasteiger partial charge in [-0.05, 0) is 63.4 Å². The van der Waals surface area contributed by atoms with Gasteiger partial charge in [-0.25, -0.2) is 8.42 Å². The van der Waals surface area contributed by atoms with E-state index in [2.05, 4.69) is 11.1 Å². The first-order valence-corrected chi connectivity index (χ1v) is 13.4. The Morgan fingerprint density at radius 3 is 2.61 bits per heavy atom. The van der Waals surface area contributed by atoms with Crippen LogP contribution in [0.15, 0.2) is 52.4 Å². The quantitative estimate of drug-likeness (QED) is 0.477. The molecule has 1 aromatic heterocycles. The van der Waals surface area contributed by atoms with Crippen LogP contribution in [0.2, 0.25) is 0 Å². The third-order valence-electron chi connectivity index (χ3n) is 5.82. The van der Waals surface area contributed by atoms with E-state index in [0.29, 0.717) is 43.9 Å². The number of nitrogens with zero attached hydrogens (tertiary/aromatic N) is 3. The van der Waals surface area contributed by atoms with Gasteiger partial charge >= 0.3 is 0 Å². The second kappa shape index (κ2) is 9.89. The third-order valence-corrected chi connectivity index (χ3v) is 8.79. The Morgan fingerprint density at radius 1 is 1.15 bits per heavy atom. The van der Waals surface area contributed by atoms with Gasteiger partial charge in [0.2, 0.25) is 10.0 Å². The van der Waals surface area contributed by atoms with E-state index >= 15 is 0 Å². The summed E-state index contributed by atoms with van der Waals surface area (Å²) in [4.78, 5) is 18.5. The number of fused-ring (bicyclic) bond motifs is 1. The molecule has 1 atom stereocenters. The molecular weight excluding hydrogens is 458 g/mol. The summed E-state index contributed by atoms with van der Waals surface area (Å²) in [5.41, 5.74) is 3.10. The molecule has 176 valence electrons. The summed E-state index contributed by atoms with van der Waals surface area (Å²) in [5, 5.41) is 0. The van der Waals surface area contributed by atoms with Gasteiger partial charge in [0.05, 0.1) is 21.7 Å². The SMILES string of the molecule is CCOCCn1c(=NC(=O)C2CCCN2S(=O)(=O)c2ccc(C)cc2)sc2cc(C)ccc21.